The molecule has 5 heterocycles. The molecule has 2 saturated heterocycles. The topological polar surface area (TPSA) is 61.0 Å². The lowest BCUT2D eigenvalue weighted by Crippen LogP contribution is -2.40. The van der Waals surface area contributed by atoms with E-state index in [9.17, 15) is 0 Å². The van der Waals surface area contributed by atoms with E-state index in [1.54, 1.807) is 4.68 Å². The van der Waals surface area contributed by atoms with Crippen LogP contribution in [0.3, 0.4) is 0 Å². The number of benzene rings is 1. The Balaban J connectivity index is 1.42. The van der Waals surface area contributed by atoms with E-state index in [4.69, 9.17) is 26.3 Å². The van der Waals surface area contributed by atoms with Crippen molar-refractivity contribution < 1.29 is 4.74 Å². The Morgan fingerprint density at radius 3 is 2.58 bits per heavy atom. The molecule has 0 aliphatic carbocycles. The Hall–Kier alpha value is -2.42. The van der Waals surface area contributed by atoms with Gasteiger partial charge in [0.25, 0.3) is 0 Å². The fourth-order valence-corrected chi connectivity index (χ4v) is 6.94. The zero-order valence-corrected chi connectivity index (χ0v) is 23.4. The Morgan fingerprint density at radius 1 is 1.06 bits per heavy atom. The molecule has 2 aliphatic rings. The number of halogens is 1. The van der Waals surface area contributed by atoms with Crippen LogP contribution in [0.5, 0.6) is 0 Å². The highest BCUT2D eigenvalue weighted by Gasteiger charge is 2.37. The summed E-state index contributed by atoms with van der Waals surface area (Å²) < 4.78 is 10.1. The minimum absolute atomic E-state index is 0.457. The molecule has 1 aromatic carbocycles. The summed E-state index contributed by atoms with van der Waals surface area (Å²) in [7, 11) is 0.755. The maximum Gasteiger partial charge on any atom is 0.163 e. The van der Waals surface area contributed by atoms with E-state index >= 15 is 0 Å². The monoisotopic (exact) mass is 522 g/mol. The van der Waals surface area contributed by atoms with Crippen LogP contribution in [0.2, 0.25) is 30.7 Å². The van der Waals surface area contributed by atoms with E-state index in [1.807, 2.05) is 31.6 Å². The lowest BCUT2D eigenvalue weighted by atomic mass is 10.0. The average molecular weight is 523 g/mol. The van der Waals surface area contributed by atoms with Gasteiger partial charge in [0.2, 0.25) is 0 Å². The fourth-order valence-electron chi connectivity index (χ4n) is 5.88. The van der Waals surface area contributed by atoms with Gasteiger partial charge in [-0.2, -0.15) is 5.10 Å². The Bertz CT molecular complexity index is 1410. The molecular weight excluding hydrogens is 488 g/mol. The van der Waals surface area contributed by atoms with Gasteiger partial charge in [0, 0.05) is 62.7 Å². The molecule has 2 fully saturated rings. The van der Waals surface area contributed by atoms with Crippen molar-refractivity contribution in [1.82, 2.24) is 24.3 Å². The van der Waals surface area contributed by atoms with Crippen molar-refractivity contribution in [2.45, 2.75) is 76.6 Å². The number of anilines is 1. The molecule has 6 rings (SSSR count). The molecule has 3 aromatic heterocycles. The van der Waals surface area contributed by atoms with Gasteiger partial charge in [-0.1, -0.05) is 37.3 Å². The molecule has 2 unspecified atom stereocenters. The number of fused-ring (bicyclic) bond motifs is 4. The van der Waals surface area contributed by atoms with E-state index in [0.717, 1.165) is 51.7 Å². The summed E-state index contributed by atoms with van der Waals surface area (Å²) in [5.74, 6) is 0.997. The van der Waals surface area contributed by atoms with Crippen molar-refractivity contribution in [1.29, 1.82) is 0 Å². The Kier molecular flexibility index (Phi) is 6.09. The number of ether oxygens (including phenoxy) is 1. The highest BCUT2D eigenvalue weighted by Crippen LogP contribution is 2.41. The van der Waals surface area contributed by atoms with Gasteiger partial charge in [-0.3, -0.25) is 4.68 Å². The molecule has 0 N–H and O–H groups in total. The average Bonchev–Trinajstić information content (AvgIpc) is 3.47. The van der Waals surface area contributed by atoms with E-state index in [2.05, 4.69) is 40.4 Å². The second-order valence-electron chi connectivity index (χ2n) is 11.6. The van der Waals surface area contributed by atoms with Crippen LogP contribution in [0.25, 0.3) is 33.2 Å². The predicted molar refractivity (Wildman–Crippen MR) is 149 cm³/mol. The largest absolute Gasteiger partial charge is 0.361 e. The molecule has 190 valence electrons. The van der Waals surface area contributed by atoms with E-state index < -0.39 is 8.07 Å². The fraction of sp³-hybridized carbons (Fsp3) is 0.519. The summed E-state index contributed by atoms with van der Waals surface area (Å²) in [6.07, 6.45) is 12.4. The first-order valence-electron chi connectivity index (χ1n) is 13.1. The van der Waals surface area contributed by atoms with Crippen LogP contribution in [-0.4, -0.2) is 51.1 Å². The lowest BCUT2D eigenvalue weighted by Gasteiger charge is -2.35. The lowest BCUT2D eigenvalue weighted by molar-refractivity contribution is 0.0899. The SMILES string of the molecule is Cn1cc2c(Cl)c(-c3cn(COCC[Si](C)(C)C)c4nc(N5C6CCCC5CC6)cnc34)ccc2n1. The van der Waals surface area contributed by atoms with Gasteiger partial charge < -0.3 is 14.2 Å². The number of hydrogen-bond donors (Lipinski definition) is 0. The molecule has 0 saturated carbocycles. The third kappa shape index (κ3) is 4.33. The predicted octanol–water partition coefficient (Wildman–Crippen LogP) is 6.47. The van der Waals surface area contributed by atoms with E-state index in [-0.39, 0.29) is 0 Å². The molecule has 9 heteroatoms. The minimum Gasteiger partial charge on any atom is -0.361 e. The highest BCUT2D eigenvalue weighted by atomic mass is 35.5. The first-order chi connectivity index (χ1) is 17.3. The number of hydrogen-bond acceptors (Lipinski definition) is 5. The summed E-state index contributed by atoms with van der Waals surface area (Å²) in [5, 5.41) is 6.14. The first-order valence-corrected chi connectivity index (χ1v) is 17.2. The highest BCUT2D eigenvalue weighted by molar-refractivity contribution is 6.76. The minimum atomic E-state index is -1.16. The van der Waals surface area contributed by atoms with Gasteiger partial charge in [0.05, 0.1) is 16.7 Å². The Labute approximate surface area is 218 Å². The third-order valence-electron chi connectivity index (χ3n) is 7.77. The van der Waals surface area contributed by atoms with Crippen LogP contribution in [0.1, 0.15) is 32.1 Å². The van der Waals surface area contributed by atoms with Crippen LogP contribution >= 0.6 is 11.6 Å². The third-order valence-corrected chi connectivity index (χ3v) is 9.88. The molecule has 2 atom stereocenters. The van der Waals surface area contributed by atoms with Crippen molar-refractivity contribution in [3.63, 3.8) is 0 Å². The van der Waals surface area contributed by atoms with E-state index in [0.29, 0.717) is 23.8 Å². The molecule has 0 radical (unpaired) electrons. The first kappa shape index (κ1) is 23.9. The van der Waals surface area contributed by atoms with Crippen molar-refractivity contribution in [3.8, 4) is 11.1 Å². The smallest absolute Gasteiger partial charge is 0.163 e. The molecule has 4 aromatic rings. The van der Waals surface area contributed by atoms with Crippen LogP contribution in [-0.2, 0) is 18.5 Å². The van der Waals surface area contributed by atoms with Crippen molar-refractivity contribution in [2.24, 2.45) is 7.05 Å². The zero-order valence-electron chi connectivity index (χ0n) is 21.7. The molecular formula is C27H35ClN6OSi. The summed E-state index contributed by atoms with van der Waals surface area (Å²) in [4.78, 5) is 12.7. The van der Waals surface area contributed by atoms with Crippen LogP contribution in [0.15, 0.2) is 30.7 Å². The summed E-state index contributed by atoms with van der Waals surface area (Å²) >= 11 is 6.93. The van der Waals surface area contributed by atoms with Gasteiger partial charge in [0.15, 0.2) is 5.65 Å². The maximum atomic E-state index is 6.93. The number of aryl methyl sites for hydroxylation is 1. The number of piperidine rings is 1. The number of rotatable bonds is 7. The molecule has 7 nitrogen and oxygen atoms in total. The molecule has 0 spiro atoms. The van der Waals surface area contributed by atoms with Gasteiger partial charge in [-0.15, -0.1) is 0 Å². The van der Waals surface area contributed by atoms with Crippen LogP contribution in [0, 0.1) is 0 Å². The van der Waals surface area contributed by atoms with Gasteiger partial charge in [-0.25, -0.2) is 9.97 Å². The normalized spacial score (nSPS) is 20.2. The van der Waals surface area contributed by atoms with Crippen LogP contribution in [0.4, 0.5) is 5.82 Å². The van der Waals surface area contributed by atoms with Crippen molar-refractivity contribution in [2.75, 3.05) is 11.5 Å². The number of nitrogens with zero attached hydrogens (tertiary/aromatic N) is 6. The summed E-state index contributed by atoms with van der Waals surface area (Å²) in [6, 6.07) is 6.39. The summed E-state index contributed by atoms with van der Waals surface area (Å²) in [6.45, 7) is 8.34. The van der Waals surface area contributed by atoms with Gasteiger partial charge in [-0.05, 0) is 44.2 Å². The number of aromatic nitrogens is 5. The molecule has 0 amide bonds. The second-order valence-corrected chi connectivity index (χ2v) is 17.6. The molecule has 2 bridgehead atoms. The second kappa shape index (κ2) is 9.15. The van der Waals surface area contributed by atoms with E-state index in [1.165, 1.54) is 32.1 Å². The van der Waals surface area contributed by atoms with Crippen molar-refractivity contribution in [3.05, 3.63) is 35.7 Å². The molecule has 36 heavy (non-hydrogen) atoms. The molecule has 2 aliphatic heterocycles. The Morgan fingerprint density at radius 2 is 1.83 bits per heavy atom. The van der Waals surface area contributed by atoms with Gasteiger partial charge in [0.1, 0.15) is 18.1 Å². The summed E-state index contributed by atoms with van der Waals surface area (Å²) in [5.41, 5.74) is 4.54. The zero-order chi connectivity index (χ0) is 25.0. The quantitative estimate of drug-likeness (QED) is 0.205. The van der Waals surface area contributed by atoms with Gasteiger partial charge >= 0.3 is 0 Å². The standard InChI is InChI=1S/C27H35ClN6OSi/c1-32-15-22-23(31-32)11-10-20(25(22)28)21-16-33(17-35-12-13-36(2,3)4)27-26(21)29-14-24(30-27)34-18-6-5-7-19(34)9-8-18/h10-11,14-16,18-19H,5-9,12-13,17H2,1-4H3. The maximum absolute atomic E-state index is 6.93. The van der Waals surface area contributed by atoms with Crippen LogP contribution < -0.4 is 4.90 Å². The van der Waals surface area contributed by atoms with Crippen molar-refractivity contribution >= 4 is 47.6 Å².